The van der Waals surface area contributed by atoms with Crippen molar-refractivity contribution in [1.82, 2.24) is 9.97 Å². The van der Waals surface area contributed by atoms with Crippen LogP contribution in [-0.2, 0) is 0 Å². The molecular formula is C13H23N5. The van der Waals surface area contributed by atoms with E-state index in [-0.39, 0.29) is 0 Å². The van der Waals surface area contributed by atoms with Crippen molar-refractivity contribution in [1.29, 1.82) is 0 Å². The summed E-state index contributed by atoms with van der Waals surface area (Å²) in [5, 5.41) is 3.53. The van der Waals surface area contributed by atoms with Crippen molar-refractivity contribution in [2.45, 2.75) is 46.1 Å². The molecule has 0 aromatic carbocycles. The van der Waals surface area contributed by atoms with Gasteiger partial charge >= 0.3 is 0 Å². The van der Waals surface area contributed by atoms with Gasteiger partial charge in [-0.05, 0) is 25.2 Å². The standard InChI is InChI=1S/C13H23N5/c1-8-5-4-6-11(10(8)3)16-12-7-9(2)15-13(17-12)18-14/h7-8,10-11H,4-6,14H2,1-3H3,(H2,15,16,17,18). The number of aromatic nitrogens is 2. The van der Waals surface area contributed by atoms with E-state index in [0.29, 0.717) is 17.9 Å². The lowest BCUT2D eigenvalue weighted by Crippen LogP contribution is -2.35. The molecule has 100 valence electrons. The monoisotopic (exact) mass is 249 g/mol. The minimum Gasteiger partial charge on any atom is -0.367 e. The van der Waals surface area contributed by atoms with Gasteiger partial charge in [-0.15, -0.1) is 0 Å². The molecule has 0 spiro atoms. The van der Waals surface area contributed by atoms with E-state index in [0.717, 1.165) is 17.4 Å². The number of nitrogens with two attached hydrogens (primary N) is 1. The minimum absolute atomic E-state index is 0.467. The molecule has 0 amide bonds. The summed E-state index contributed by atoms with van der Waals surface area (Å²) >= 11 is 0. The third kappa shape index (κ3) is 2.90. The lowest BCUT2D eigenvalue weighted by molar-refractivity contribution is 0.253. The molecule has 5 nitrogen and oxygen atoms in total. The van der Waals surface area contributed by atoms with E-state index in [1.165, 1.54) is 19.3 Å². The molecule has 1 fully saturated rings. The lowest BCUT2D eigenvalue weighted by Gasteiger charge is -2.35. The third-order valence-corrected chi connectivity index (χ3v) is 4.02. The second-order valence-electron chi connectivity index (χ2n) is 5.38. The molecule has 1 saturated carbocycles. The van der Waals surface area contributed by atoms with Crippen LogP contribution in [0.25, 0.3) is 0 Å². The summed E-state index contributed by atoms with van der Waals surface area (Å²) in [6.07, 6.45) is 3.83. The van der Waals surface area contributed by atoms with Crippen molar-refractivity contribution in [2.75, 3.05) is 10.7 Å². The molecule has 3 atom stereocenters. The van der Waals surface area contributed by atoms with E-state index < -0.39 is 0 Å². The molecule has 5 heteroatoms. The first-order valence-corrected chi connectivity index (χ1v) is 6.69. The Labute approximate surface area is 109 Å². The van der Waals surface area contributed by atoms with Gasteiger partial charge in [0.2, 0.25) is 5.95 Å². The molecule has 0 saturated heterocycles. The Morgan fingerprint density at radius 1 is 1.28 bits per heavy atom. The largest absolute Gasteiger partial charge is 0.367 e. The fourth-order valence-corrected chi connectivity index (χ4v) is 2.68. The normalized spacial score (nSPS) is 27.9. The van der Waals surface area contributed by atoms with Crippen LogP contribution in [0.3, 0.4) is 0 Å². The van der Waals surface area contributed by atoms with E-state index in [2.05, 4.69) is 34.6 Å². The zero-order valence-electron chi connectivity index (χ0n) is 11.4. The average Bonchev–Trinajstić information content (AvgIpc) is 2.34. The van der Waals surface area contributed by atoms with Crippen LogP contribution >= 0.6 is 0 Å². The zero-order chi connectivity index (χ0) is 13.1. The van der Waals surface area contributed by atoms with Crippen molar-refractivity contribution < 1.29 is 0 Å². The summed E-state index contributed by atoms with van der Waals surface area (Å²) in [6, 6.07) is 2.46. The van der Waals surface area contributed by atoms with Crippen LogP contribution in [0.15, 0.2) is 6.07 Å². The molecule has 0 bridgehead atoms. The van der Waals surface area contributed by atoms with Gasteiger partial charge in [0.25, 0.3) is 0 Å². The quantitative estimate of drug-likeness (QED) is 0.566. The smallest absolute Gasteiger partial charge is 0.239 e. The van der Waals surface area contributed by atoms with Crippen molar-refractivity contribution in [2.24, 2.45) is 17.7 Å². The maximum atomic E-state index is 5.37. The van der Waals surface area contributed by atoms with Gasteiger partial charge in [0.05, 0.1) is 0 Å². The number of nitrogens with zero attached hydrogens (tertiary/aromatic N) is 2. The topological polar surface area (TPSA) is 75.9 Å². The molecule has 0 aliphatic heterocycles. The highest BCUT2D eigenvalue weighted by Gasteiger charge is 2.27. The van der Waals surface area contributed by atoms with Gasteiger partial charge in [-0.1, -0.05) is 26.7 Å². The Morgan fingerprint density at radius 2 is 2.06 bits per heavy atom. The summed E-state index contributed by atoms with van der Waals surface area (Å²) in [5.74, 6) is 8.14. The van der Waals surface area contributed by atoms with Crippen LogP contribution in [0.1, 0.15) is 38.8 Å². The number of hydrazine groups is 1. The first-order valence-electron chi connectivity index (χ1n) is 6.69. The fourth-order valence-electron chi connectivity index (χ4n) is 2.68. The number of aryl methyl sites for hydroxylation is 1. The van der Waals surface area contributed by atoms with Crippen molar-refractivity contribution in [3.05, 3.63) is 11.8 Å². The lowest BCUT2D eigenvalue weighted by atomic mass is 9.78. The first-order chi connectivity index (χ1) is 8.60. The molecule has 1 aromatic heterocycles. The minimum atomic E-state index is 0.467. The number of hydrogen-bond acceptors (Lipinski definition) is 5. The second kappa shape index (κ2) is 5.52. The third-order valence-electron chi connectivity index (χ3n) is 4.02. The summed E-state index contributed by atoms with van der Waals surface area (Å²) in [6.45, 7) is 6.59. The Morgan fingerprint density at radius 3 is 2.78 bits per heavy atom. The van der Waals surface area contributed by atoms with Crippen LogP contribution < -0.4 is 16.6 Å². The van der Waals surface area contributed by atoms with E-state index in [9.17, 15) is 0 Å². The van der Waals surface area contributed by atoms with Crippen LogP contribution in [0.5, 0.6) is 0 Å². The van der Waals surface area contributed by atoms with Gasteiger partial charge in [0.15, 0.2) is 0 Å². The van der Waals surface area contributed by atoms with Gasteiger partial charge in [0.1, 0.15) is 5.82 Å². The van der Waals surface area contributed by atoms with Gasteiger partial charge in [-0.2, -0.15) is 4.98 Å². The van der Waals surface area contributed by atoms with Gasteiger partial charge in [0, 0.05) is 17.8 Å². The van der Waals surface area contributed by atoms with E-state index in [1.54, 1.807) is 0 Å². The number of nitrogens with one attached hydrogen (secondary N) is 2. The molecule has 18 heavy (non-hydrogen) atoms. The zero-order valence-corrected chi connectivity index (χ0v) is 11.4. The molecular weight excluding hydrogens is 226 g/mol. The first kappa shape index (κ1) is 13.1. The summed E-state index contributed by atoms with van der Waals surface area (Å²) in [7, 11) is 0. The van der Waals surface area contributed by atoms with Crippen LogP contribution in [0, 0.1) is 18.8 Å². The van der Waals surface area contributed by atoms with Gasteiger partial charge in [-0.3, -0.25) is 5.43 Å². The maximum Gasteiger partial charge on any atom is 0.239 e. The molecule has 1 aromatic rings. The summed E-state index contributed by atoms with van der Waals surface area (Å²) < 4.78 is 0. The maximum absolute atomic E-state index is 5.37. The highest BCUT2D eigenvalue weighted by molar-refractivity contribution is 5.42. The second-order valence-corrected chi connectivity index (χ2v) is 5.38. The van der Waals surface area contributed by atoms with Crippen LogP contribution in [-0.4, -0.2) is 16.0 Å². The highest BCUT2D eigenvalue weighted by atomic mass is 15.3. The van der Waals surface area contributed by atoms with E-state index in [1.807, 2.05) is 13.0 Å². The molecule has 4 N–H and O–H groups in total. The van der Waals surface area contributed by atoms with Crippen molar-refractivity contribution >= 4 is 11.8 Å². The molecule has 1 aliphatic carbocycles. The molecule has 1 aliphatic rings. The Bertz CT molecular complexity index is 406. The Hall–Kier alpha value is -1.36. The van der Waals surface area contributed by atoms with Gasteiger partial charge in [-0.25, -0.2) is 10.8 Å². The number of nitrogen functional groups attached to an aromatic ring is 1. The van der Waals surface area contributed by atoms with E-state index in [4.69, 9.17) is 5.84 Å². The fraction of sp³-hybridized carbons (Fsp3) is 0.692. The Balaban J connectivity index is 2.10. The number of rotatable bonds is 3. The summed E-state index contributed by atoms with van der Waals surface area (Å²) in [5.41, 5.74) is 3.42. The predicted molar refractivity (Wildman–Crippen MR) is 74.2 cm³/mol. The highest BCUT2D eigenvalue weighted by Crippen LogP contribution is 2.31. The Kier molecular flexibility index (Phi) is 4.01. The van der Waals surface area contributed by atoms with Gasteiger partial charge < -0.3 is 5.32 Å². The molecule has 2 rings (SSSR count). The van der Waals surface area contributed by atoms with Crippen LogP contribution in [0.2, 0.25) is 0 Å². The average molecular weight is 249 g/mol. The summed E-state index contributed by atoms with van der Waals surface area (Å²) in [4.78, 5) is 8.54. The van der Waals surface area contributed by atoms with Crippen molar-refractivity contribution in [3.8, 4) is 0 Å². The number of hydrogen-bond donors (Lipinski definition) is 3. The van der Waals surface area contributed by atoms with Crippen molar-refractivity contribution in [3.63, 3.8) is 0 Å². The molecule has 3 unspecified atom stereocenters. The number of anilines is 2. The molecule has 1 heterocycles. The molecule has 0 radical (unpaired) electrons. The predicted octanol–water partition coefficient (Wildman–Crippen LogP) is 2.31. The van der Waals surface area contributed by atoms with Crippen LogP contribution in [0.4, 0.5) is 11.8 Å². The SMILES string of the molecule is Cc1cc(NC2CCCC(C)C2C)nc(NN)n1. The van der Waals surface area contributed by atoms with E-state index >= 15 is 0 Å².